The van der Waals surface area contributed by atoms with E-state index in [1.807, 2.05) is 0 Å². The number of benzene rings is 2. The lowest BCUT2D eigenvalue weighted by atomic mass is 10.0. The molecule has 2 aromatic carbocycles. The molecule has 0 aliphatic heterocycles. The molecule has 1 heteroatoms. The largest absolute Gasteiger partial charge is 0.494 e. The van der Waals surface area contributed by atoms with Gasteiger partial charge in [-0.25, -0.2) is 0 Å². The van der Waals surface area contributed by atoms with Gasteiger partial charge in [0.25, 0.3) is 0 Å². The topological polar surface area (TPSA) is 9.23 Å². The molecule has 0 bridgehead atoms. The van der Waals surface area contributed by atoms with E-state index < -0.39 is 0 Å². The highest BCUT2D eigenvalue weighted by Crippen LogP contribution is 2.22. The number of aryl methyl sites for hydroxylation is 1. The molecule has 0 aliphatic rings. The van der Waals surface area contributed by atoms with Crippen LogP contribution >= 0.6 is 0 Å². The van der Waals surface area contributed by atoms with Gasteiger partial charge in [0.15, 0.2) is 0 Å². The van der Waals surface area contributed by atoms with Crippen molar-refractivity contribution in [1.82, 2.24) is 0 Å². The van der Waals surface area contributed by atoms with Crippen LogP contribution < -0.4 is 4.74 Å². The van der Waals surface area contributed by atoms with Crippen LogP contribution in [0.5, 0.6) is 5.75 Å². The SMILES string of the molecule is CCCCCOc1ccc(-c2ccc(C)cc2)cc1. The second-order valence-corrected chi connectivity index (χ2v) is 4.95. The minimum Gasteiger partial charge on any atom is -0.494 e. The van der Waals surface area contributed by atoms with Gasteiger partial charge < -0.3 is 4.74 Å². The summed E-state index contributed by atoms with van der Waals surface area (Å²) >= 11 is 0. The van der Waals surface area contributed by atoms with Gasteiger partial charge in [0, 0.05) is 0 Å². The Hall–Kier alpha value is -1.76. The molecule has 2 aromatic rings. The molecule has 2 rings (SSSR count). The molecule has 0 N–H and O–H groups in total. The van der Waals surface area contributed by atoms with Crippen molar-refractivity contribution < 1.29 is 4.74 Å². The second-order valence-electron chi connectivity index (χ2n) is 4.95. The summed E-state index contributed by atoms with van der Waals surface area (Å²) in [5.41, 5.74) is 3.78. The van der Waals surface area contributed by atoms with Crippen molar-refractivity contribution in [1.29, 1.82) is 0 Å². The fourth-order valence-corrected chi connectivity index (χ4v) is 2.03. The summed E-state index contributed by atoms with van der Waals surface area (Å²) in [6.45, 7) is 5.13. The Morgan fingerprint density at radius 1 is 0.789 bits per heavy atom. The van der Waals surface area contributed by atoms with Gasteiger partial charge in [-0.2, -0.15) is 0 Å². The Morgan fingerprint density at radius 3 is 1.95 bits per heavy atom. The van der Waals surface area contributed by atoms with Crippen LogP contribution in [0.4, 0.5) is 0 Å². The van der Waals surface area contributed by atoms with Crippen LogP contribution in [-0.2, 0) is 0 Å². The molecule has 100 valence electrons. The molecule has 0 amide bonds. The molecule has 19 heavy (non-hydrogen) atoms. The fourth-order valence-electron chi connectivity index (χ4n) is 2.03. The lowest BCUT2D eigenvalue weighted by molar-refractivity contribution is 0.306. The van der Waals surface area contributed by atoms with Crippen molar-refractivity contribution in [3.8, 4) is 16.9 Å². The molecule has 0 atom stereocenters. The van der Waals surface area contributed by atoms with Crippen LogP contribution in [0, 0.1) is 6.92 Å². The van der Waals surface area contributed by atoms with Crippen LogP contribution in [0.25, 0.3) is 11.1 Å². The van der Waals surface area contributed by atoms with Gasteiger partial charge in [0.2, 0.25) is 0 Å². The average molecular weight is 254 g/mol. The lowest BCUT2D eigenvalue weighted by Crippen LogP contribution is -1.96. The first-order valence-electron chi connectivity index (χ1n) is 7.09. The second kappa shape index (κ2) is 6.98. The Kier molecular flexibility index (Phi) is 5.02. The van der Waals surface area contributed by atoms with E-state index in [1.165, 1.54) is 29.5 Å². The zero-order chi connectivity index (χ0) is 13.5. The molecule has 0 saturated carbocycles. The van der Waals surface area contributed by atoms with Crippen LogP contribution in [0.2, 0.25) is 0 Å². The van der Waals surface area contributed by atoms with Gasteiger partial charge in [-0.05, 0) is 36.6 Å². The van der Waals surface area contributed by atoms with Gasteiger partial charge in [0.05, 0.1) is 6.61 Å². The molecule has 0 unspecified atom stereocenters. The van der Waals surface area contributed by atoms with Gasteiger partial charge >= 0.3 is 0 Å². The minimum atomic E-state index is 0.817. The first-order valence-corrected chi connectivity index (χ1v) is 7.09. The van der Waals surface area contributed by atoms with Crippen molar-refractivity contribution in [3.05, 3.63) is 54.1 Å². The minimum absolute atomic E-state index is 0.817. The Bertz CT molecular complexity index is 482. The normalized spacial score (nSPS) is 10.4. The van der Waals surface area contributed by atoms with E-state index in [2.05, 4.69) is 62.4 Å². The van der Waals surface area contributed by atoms with Crippen molar-refractivity contribution in [3.63, 3.8) is 0 Å². The van der Waals surface area contributed by atoms with E-state index in [9.17, 15) is 0 Å². The molecule has 0 spiro atoms. The van der Waals surface area contributed by atoms with Crippen LogP contribution in [0.1, 0.15) is 31.7 Å². The molecule has 0 aromatic heterocycles. The molecular weight excluding hydrogens is 232 g/mol. The zero-order valence-corrected chi connectivity index (χ0v) is 11.9. The maximum absolute atomic E-state index is 5.72. The highest BCUT2D eigenvalue weighted by atomic mass is 16.5. The van der Waals surface area contributed by atoms with Gasteiger partial charge in [-0.3, -0.25) is 0 Å². The maximum atomic E-state index is 5.72. The lowest BCUT2D eigenvalue weighted by Gasteiger charge is -2.07. The summed E-state index contributed by atoms with van der Waals surface area (Å²) in [5, 5.41) is 0. The summed E-state index contributed by atoms with van der Waals surface area (Å²) in [5.74, 6) is 0.965. The Morgan fingerprint density at radius 2 is 1.37 bits per heavy atom. The van der Waals surface area contributed by atoms with E-state index in [0.717, 1.165) is 18.8 Å². The van der Waals surface area contributed by atoms with Crippen LogP contribution in [0.15, 0.2) is 48.5 Å². The average Bonchev–Trinajstić information content (AvgIpc) is 2.45. The maximum Gasteiger partial charge on any atom is 0.119 e. The third-order valence-electron chi connectivity index (χ3n) is 3.26. The van der Waals surface area contributed by atoms with Crippen molar-refractivity contribution in [2.24, 2.45) is 0 Å². The number of rotatable bonds is 6. The van der Waals surface area contributed by atoms with E-state index in [0.29, 0.717) is 0 Å². The molecule has 0 fully saturated rings. The predicted octanol–water partition coefficient (Wildman–Crippen LogP) is 5.23. The number of unbranched alkanes of at least 4 members (excludes halogenated alkanes) is 2. The summed E-state index contributed by atoms with van der Waals surface area (Å²) < 4.78 is 5.72. The Labute approximate surface area is 116 Å². The third kappa shape index (κ3) is 4.13. The first kappa shape index (κ1) is 13.7. The molecule has 1 nitrogen and oxygen atoms in total. The number of hydrogen-bond acceptors (Lipinski definition) is 1. The molecule has 0 heterocycles. The zero-order valence-electron chi connectivity index (χ0n) is 11.9. The van der Waals surface area contributed by atoms with E-state index >= 15 is 0 Å². The van der Waals surface area contributed by atoms with Crippen molar-refractivity contribution in [2.45, 2.75) is 33.1 Å². The van der Waals surface area contributed by atoms with Crippen LogP contribution in [0.3, 0.4) is 0 Å². The quantitative estimate of drug-likeness (QED) is 0.641. The van der Waals surface area contributed by atoms with E-state index in [-0.39, 0.29) is 0 Å². The number of ether oxygens (including phenoxy) is 1. The van der Waals surface area contributed by atoms with Crippen LogP contribution in [-0.4, -0.2) is 6.61 Å². The molecule has 0 radical (unpaired) electrons. The molecule has 0 saturated heterocycles. The van der Waals surface area contributed by atoms with E-state index in [1.54, 1.807) is 0 Å². The van der Waals surface area contributed by atoms with E-state index in [4.69, 9.17) is 4.74 Å². The van der Waals surface area contributed by atoms with Crippen molar-refractivity contribution in [2.75, 3.05) is 6.61 Å². The van der Waals surface area contributed by atoms with Gasteiger partial charge in [-0.15, -0.1) is 0 Å². The summed E-state index contributed by atoms with van der Waals surface area (Å²) in [4.78, 5) is 0. The third-order valence-corrected chi connectivity index (χ3v) is 3.26. The molecular formula is C18H22O. The fraction of sp³-hybridized carbons (Fsp3) is 0.333. The van der Waals surface area contributed by atoms with Gasteiger partial charge in [0.1, 0.15) is 5.75 Å². The number of hydrogen-bond donors (Lipinski definition) is 0. The van der Waals surface area contributed by atoms with Crippen molar-refractivity contribution >= 4 is 0 Å². The summed E-state index contributed by atoms with van der Waals surface area (Å²) in [6, 6.07) is 17.0. The highest BCUT2D eigenvalue weighted by molar-refractivity contribution is 5.64. The summed E-state index contributed by atoms with van der Waals surface area (Å²) in [6.07, 6.45) is 3.60. The first-order chi connectivity index (χ1) is 9.29. The standard InChI is InChI=1S/C18H22O/c1-3-4-5-14-19-18-12-10-17(11-13-18)16-8-6-15(2)7-9-16/h6-13H,3-5,14H2,1-2H3. The summed E-state index contributed by atoms with van der Waals surface area (Å²) in [7, 11) is 0. The predicted molar refractivity (Wildman–Crippen MR) is 81.6 cm³/mol. The smallest absolute Gasteiger partial charge is 0.119 e. The Balaban J connectivity index is 1.96. The molecule has 0 aliphatic carbocycles. The van der Waals surface area contributed by atoms with Gasteiger partial charge in [-0.1, -0.05) is 61.7 Å². The highest BCUT2D eigenvalue weighted by Gasteiger charge is 1.98. The monoisotopic (exact) mass is 254 g/mol.